The minimum Gasteiger partial charge on any atom is -0.466 e. The monoisotopic (exact) mass is 301 g/mol. The van der Waals surface area contributed by atoms with E-state index in [1.807, 2.05) is 42.5 Å². The molecule has 1 aromatic carbocycles. The first kappa shape index (κ1) is 17.7. The lowest BCUT2D eigenvalue weighted by Gasteiger charge is -2.02. The number of benzene rings is 1. The highest BCUT2D eigenvalue weighted by Gasteiger charge is 2.00. The smallest absolute Gasteiger partial charge is 0.305 e. The molecule has 0 spiro atoms. The number of esters is 1. The third-order valence-corrected chi connectivity index (χ3v) is 2.86. The number of rotatable bonds is 9. The molecule has 0 aliphatic rings. The first-order valence-corrected chi connectivity index (χ1v) is 7.55. The Labute approximate surface area is 131 Å². The molecule has 0 heterocycles. The van der Waals surface area contributed by atoms with Crippen LogP contribution in [0, 0.1) is 0 Å². The lowest BCUT2D eigenvalue weighted by atomic mass is 10.2. The number of unbranched alkanes of at least 4 members (excludes halogenated alkanes) is 1. The molecular weight excluding hydrogens is 278 g/mol. The second-order valence-electron chi connectivity index (χ2n) is 4.68. The molecule has 1 aromatic rings. The van der Waals surface area contributed by atoms with Gasteiger partial charge in [-0.25, -0.2) is 0 Å². The Balaban J connectivity index is 2.12. The molecule has 118 valence electrons. The van der Waals surface area contributed by atoms with E-state index >= 15 is 0 Å². The molecule has 1 rings (SSSR count). The van der Waals surface area contributed by atoms with Gasteiger partial charge in [-0.3, -0.25) is 9.59 Å². The number of carbonyl (C=O) groups excluding carboxylic acids is 2. The number of ether oxygens (including phenoxy) is 1. The van der Waals surface area contributed by atoms with Crippen molar-refractivity contribution in [3.8, 4) is 0 Å². The highest BCUT2D eigenvalue weighted by molar-refractivity contribution is 5.87. The minimum absolute atomic E-state index is 0.131. The number of allylic oxidation sites excluding steroid dienone is 2. The van der Waals surface area contributed by atoms with Crippen LogP contribution in [0.5, 0.6) is 0 Å². The fourth-order valence-corrected chi connectivity index (χ4v) is 1.77. The summed E-state index contributed by atoms with van der Waals surface area (Å²) in [6.45, 7) is 2.76. The second kappa shape index (κ2) is 11.3. The van der Waals surface area contributed by atoms with Crippen LogP contribution >= 0.6 is 0 Å². The normalized spacial score (nSPS) is 11.0. The van der Waals surface area contributed by atoms with E-state index in [0.29, 0.717) is 19.6 Å². The van der Waals surface area contributed by atoms with Crippen LogP contribution < -0.4 is 5.32 Å². The van der Waals surface area contributed by atoms with Gasteiger partial charge in [0.25, 0.3) is 0 Å². The molecule has 22 heavy (non-hydrogen) atoms. The maximum absolute atomic E-state index is 11.5. The highest BCUT2D eigenvalue weighted by Crippen LogP contribution is 2.00. The zero-order valence-corrected chi connectivity index (χ0v) is 13.0. The van der Waals surface area contributed by atoms with Gasteiger partial charge in [-0.2, -0.15) is 0 Å². The third kappa shape index (κ3) is 8.74. The summed E-state index contributed by atoms with van der Waals surface area (Å²) < 4.78 is 4.83. The molecule has 0 saturated carbocycles. The average molecular weight is 301 g/mol. The molecule has 0 unspecified atom stereocenters. The van der Waals surface area contributed by atoms with Gasteiger partial charge < -0.3 is 10.1 Å². The lowest BCUT2D eigenvalue weighted by molar-refractivity contribution is -0.143. The van der Waals surface area contributed by atoms with Gasteiger partial charge in [-0.05, 0) is 25.3 Å². The van der Waals surface area contributed by atoms with Crippen molar-refractivity contribution in [3.05, 3.63) is 54.1 Å². The first-order valence-electron chi connectivity index (χ1n) is 7.55. The molecule has 0 aromatic heterocycles. The number of hydrogen-bond acceptors (Lipinski definition) is 3. The molecule has 4 heteroatoms. The zero-order chi connectivity index (χ0) is 16.0. The van der Waals surface area contributed by atoms with E-state index in [9.17, 15) is 9.59 Å². The van der Waals surface area contributed by atoms with E-state index in [2.05, 4.69) is 5.32 Å². The van der Waals surface area contributed by atoms with E-state index in [-0.39, 0.29) is 11.9 Å². The predicted molar refractivity (Wildman–Crippen MR) is 88.1 cm³/mol. The van der Waals surface area contributed by atoms with Crippen LogP contribution in [0.2, 0.25) is 0 Å². The van der Waals surface area contributed by atoms with Crippen molar-refractivity contribution < 1.29 is 14.3 Å². The maximum atomic E-state index is 11.5. The van der Waals surface area contributed by atoms with Crippen molar-refractivity contribution in [2.45, 2.75) is 26.2 Å². The summed E-state index contributed by atoms with van der Waals surface area (Å²) in [5.74, 6) is -0.311. The summed E-state index contributed by atoms with van der Waals surface area (Å²) in [6, 6.07) is 9.88. The van der Waals surface area contributed by atoms with Gasteiger partial charge in [-0.1, -0.05) is 48.6 Å². The van der Waals surface area contributed by atoms with E-state index in [4.69, 9.17) is 4.74 Å². The molecule has 0 saturated heterocycles. The fourth-order valence-electron chi connectivity index (χ4n) is 1.77. The van der Waals surface area contributed by atoms with Gasteiger partial charge in [0.2, 0.25) is 5.91 Å². The number of carbonyl (C=O) groups is 2. The minimum atomic E-state index is -0.181. The molecule has 0 fully saturated rings. The highest BCUT2D eigenvalue weighted by atomic mass is 16.5. The van der Waals surface area contributed by atoms with E-state index in [1.54, 1.807) is 13.0 Å². The number of amides is 1. The quantitative estimate of drug-likeness (QED) is 0.330. The summed E-state index contributed by atoms with van der Waals surface area (Å²) in [4.78, 5) is 22.6. The van der Waals surface area contributed by atoms with Crippen LogP contribution in [0.25, 0.3) is 6.08 Å². The van der Waals surface area contributed by atoms with Crippen molar-refractivity contribution >= 4 is 18.0 Å². The summed E-state index contributed by atoms with van der Waals surface area (Å²) in [7, 11) is 0. The van der Waals surface area contributed by atoms with Crippen LogP contribution in [-0.2, 0) is 14.3 Å². The third-order valence-electron chi connectivity index (χ3n) is 2.86. The molecule has 1 amide bonds. The van der Waals surface area contributed by atoms with Crippen LogP contribution in [0.3, 0.4) is 0 Å². The molecule has 0 bridgehead atoms. The maximum Gasteiger partial charge on any atom is 0.305 e. The fraction of sp³-hybridized carbons (Fsp3) is 0.333. The molecule has 1 N–H and O–H groups in total. The standard InChI is InChI=1S/C18H23NO3/c1-2-22-18(21)14-8-9-15-19-17(20)13-7-6-12-16-10-4-3-5-11-16/h3-7,10-13H,2,8-9,14-15H2,1H3,(H,19,20)/b12-6-,13-7+. The summed E-state index contributed by atoms with van der Waals surface area (Å²) >= 11 is 0. The van der Waals surface area contributed by atoms with Crippen molar-refractivity contribution in [1.29, 1.82) is 0 Å². The Kier molecular flexibility index (Phi) is 9.10. The van der Waals surface area contributed by atoms with Crippen LogP contribution in [-0.4, -0.2) is 25.0 Å². The van der Waals surface area contributed by atoms with E-state index < -0.39 is 0 Å². The SMILES string of the molecule is CCOC(=O)CCCCNC(=O)/C=C/C=C\c1ccccc1. The molecular formula is C18H23NO3. The van der Waals surface area contributed by atoms with Gasteiger partial charge in [0.05, 0.1) is 6.61 Å². The van der Waals surface area contributed by atoms with E-state index in [1.165, 1.54) is 6.08 Å². The Bertz CT molecular complexity index is 506. The molecule has 0 aliphatic carbocycles. The average Bonchev–Trinajstić information content (AvgIpc) is 2.52. The number of nitrogens with one attached hydrogen (secondary N) is 1. The van der Waals surface area contributed by atoms with Crippen molar-refractivity contribution in [3.63, 3.8) is 0 Å². The Morgan fingerprint density at radius 2 is 1.91 bits per heavy atom. The first-order chi connectivity index (χ1) is 10.7. The summed E-state index contributed by atoms with van der Waals surface area (Å²) in [6.07, 6.45) is 8.85. The van der Waals surface area contributed by atoms with Crippen LogP contribution in [0.15, 0.2) is 48.6 Å². The predicted octanol–water partition coefficient (Wildman–Crippen LogP) is 3.11. The van der Waals surface area contributed by atoms with Gasteiger partial charge >= 0.3 is 5.97 Å². The molecule has 0 atom stereocenters. The summed E-state index contributed by atoms with van der Waals surface area (Å²) in [5, 5.41) is 2.78. The van der Waals surface area contributed by atoms with Crippen molar-refractivity contribution in [2.75, 3.05) is 13.2 Å². The van der Waals surface area contributed by atoms with Gasteiger partial charge in [0.15, 0.2) is 0 Å². The lowest BCUT2D eigenvalue weighted by Crippen LogP contribution is -2.22. The van der Waals surface area contributed by atoms with Crippen LogP contribution in [0.1, 0.15) is 31.7 Å². The Morgan fingerprint density at radius 1 is 1.14 bits per heavy atom. The largest absolute Gasteiger partial charge is 0.466 e. The topological polar surface area (TPSA) is 55.4 Å². The van der Waals surface area contributed by atoms with Crippen molar-refractivity contribution in [2.24, 2.45) is 0 Å². The zero-order valence-electron chi connectivity index (χ0n) is 13.0. The van der Waals surface area contributed by atoms with Crippen molar-refractivity contribution in [1.82, 2.24) is 5.32 Å². The molecule has 4 nitrogen and oxygen atoms in total. The number of hydrogen-bond donors (Lipinski definition) is 1. The van der Waals surface area contributed by atoms with Gasteiger partial charge in [0.1, 0.15) is 0 Å². The Hall–Kier alpha value is -2.36. The van der Waals surface area contributed by atoms with Gasteiger partial charge in [-0.15, -0.1) is 0 Å². The molecule has 0 aliphatic heterocycles. The second-order valence-corrected chi connectivity index (χ2v) is 4.68. The summed E-state index contributed by atoms with van der Waals surface area (Å²) in [5.41, 5.74) is 1.09. The van der Waals surface area contributed by atoms with Gasteiger partial charge in [0, 0.05) is 19.0 Å². The molecule has 0 radical (unpaired) electrons. The van der Waals surface area contributed by atoms with E-state index in [0.717, 1.165) is 18.4 Å². The van der Waals surface area contributed by atoms with Crippen LogP contribution in [0.4, 0.5) is 0 Å². The Morgan fingerprint density at radius 3 is 2.64 bits per heavy atom.